The number of carbonyl (C=O) groups is 1. The zero-order valence-electron chi connectivity index (χ0n) is 7.13. The number of carboxylic acid groups (broad SMARTS) is 1. The van der Waals surface area contributed by atoms with E-state index in [4.69, 9.17) is 15.6 Å². The van der Waals surface area contributed by atoms with E-state index in [1.807, 2.05) is 0 Å². The van der Waals surface area contributed by atoms with Crippen LogP contribution >= 0.6 is 0 Å². The Morgan fingerprint density at radius 2 is 2.27 bits per heavy atom. The van der Waals surface area contributed by atoms with Crippen molar-refractivity contribution in [3.63, 3.8) is 0 Å². The van der Waals surface area contributed by atoms with Gasteiger partial charge in [0.1, 0.15) is 0 Å². The minimum atomic E-state index is -0.896. The summed E-state index contributed by atoms with van der Waals surface area (Å²) >= 11 is 0. The number of carboxylic acids is 1. The van der Waals surface area contributed by atoms with E-state index in [2.05, 4.69) is 0 Å². The van der Waals surface area contributed by atoms with Gasteiger partial charge in [0.2, 0.25) is 0 Å². The molecule has 3 N–H and O–H groups in total. The first-order valence-electron chi connectivity index (χ1n) is 3.42. The van der Waals surface area contributed by atoms with Gasteiger partial charge in [-0.05, 0) is 6.92 Å². The van der Waals surface area contributed by atoms with E-state index >= 15 is 0 Å². The molecule has 0 saturated carbocycles. The SMILES string of the molecule is COCC(C)(N)C(C)C(=O)O. The first-order valence-corrected chi connectivity index (χ1v) is 3.42. The van der Waals surface area contributed by atoms with Crippen molar-refractivity contribution in [1.82, 2.24) is 0 Å². The molecule has 0 amide bonds. The highest BCUT2D eigenvalue weighted by Gasteiger charge is 2.31. The summed E-state index contributed by atoms with van der Waals surface area (Å²) in [5.41, 5.74) is 4.87. The van der Waals surface area contributed by atoms with Gasteiger partial charge in [0.05, 0.1) is 12.5 Å². The average molecular weight is 161 g/mol. The van der Waals surface area contributed by atoms with Crippen molar-refractivity contribution in [1.29, 1.82) is 0 Å². The van der Waals surface area contributed by atoms with E-state index < -0.39 is 17.4 Å². The molecule has 0 aliphatic carbocycles. The maximum atomic E-state index is 10.5. The second kappa shape index (κ2) is 3.69. The van der Waals surface area contributed by atoms with E-state index in [0.29, 0.717) is 0 Å². The number of hydrogen-bond donors (Lipinski definition) is 2. The van der Waals surface area contributed by atoms with Gasteiger partial charge in [-0.1, -0.05) is 6.92 Å². The molecule has 0 rings (SSSR count). The molecular weight excluding hydrogens is 146 g/mol. The molecule has 0 aromatic rings. The van der Waals surface area contributed by atoms with Gasteiger partial charge >= 0.3 is 5.97 Å². The van der Waals surface area contributed by atoms with Crippen LogP contribution in [-0.4, -0.2) is 30.3 Å². The summed E-state index contributed by atoms with van der Waals surface area (Å²) in [6.45, 7) is 3.48. The van der Waals surface area contributed by atoms with Crippen molar-refractivity contribution < 1.29 is 14.6 Å². The third-order valence-electron chi connectivity index (χ3n) is 1.81. The Labute approximate surface area is 66.3 Å². The maximum Gasteiger partial charge on any atom is 0.308 e. The highest BCUT2D eigenvalue weighted by molar-refractivity contribution is 5.71. The number of methoxy groups -OCH3 is 1. The smallest absolute Gasteiger partial charge is 0.308 e. The van der Waals surface area contributed by atoms with Crippen LogP contribution in [0.15, 0.2) is 0 Å². The van der Waals surface area contributed by atoms with Crippen LogP contribution in [0.1, 0.15) is 13.8 Å². The zero-order chi connectivity index (χ0) is 9.07. The molecule has 2 atom stereocenters. The zero-order valence-corrected chi connectivity index (χ0v) is 7.13. The average Bonchev–Trinajstić information content (AvgIpc) is 1.86. The number of nitrogens with two attached hydrogens (primary N) is 1. The molecule has 0 aromatic heterocycles. The molecule has 0 saturated heterocycles. The second-order valence-corrected chi connectivity index (χ2v) is 3.00. The van der Waals surface area contributed by atoms with Crippen molar-refractivity contribution in [3.05, 3.63) is 0 Å². The normalized spacial score (nSPS) is 18.9. The summed E-state index contributed by atoms with van der Waals surface area (Å²) in [6.07, 6.45) is 0. The van der Waals surface area contributed by atoms with Crippen LogP contribution < -0.4 is 5.73 Å². The van der Waals surface area contributed by atoms with Crippen molar-refractivity contribution in [2.75, 3.05) is 13.7 Å². The molecule has 4 nitrogen and oxygen atoms in total. The minimum Gasteiger partial charge on any atom is -0.481 e. The predicted molar refractivity (Wildman–Crippen MR) is 41.3 cm³/mol. The van der Waals surface area contributed by atoms with Crippen LogP contribution in [0, 0.1) is 5.92 Å². The summed E-state index contributed by atoms with van der Waals surface area (Å²) in [4.78, 5) is 10.5. The summed E-state index contributed by atoms with van der Waals surface area (Å²) in [7, 11) is 1.50. The van der Waals surface area contributed by atoms with Gasteiger partial charge in [0.25, 0.3) is 0 Å². The molecule has 0 heterocycles. The lowest BCUT2D eigenvalue weighted by Crippen LogP contribution is -2.50. The van der Waals surface area contributed by atoms with E-state index in [-0.39, 0.29) is 6.61 Å². The lowest BCUT2D eigenvalue weighted by atomic mass is 9.89. The lowest BCUT2D eigenvalue weighted by Gasteiger charge is -2.27. The quantitative estimate of drug-likeness (QED) is 0.612. The standard InChI is InChI=1S/C7H15NO3/c1-5(6(9)10)7(2,8)4-11-3/h5H,4,8H2,1-3H3,(H,9,10). The molecule has 0 aliphatic heterocycles. The van der Waals surface area contributed by atoms with E-state index in [0.717, 1.165) is 0 Å². The predicted octanol–water partition coefficient (Wildman–Crippen LogP) is 0.0709. The fourth-order valence-corrected chi connectivity index (χ4v) is 0.718. The molecule has 4 heteroatoms. The summed E-state index contributed by atoms with van der Waals surface area (Å²) in [6, 6.07) is 0. The van der Waals surface area contributed by atoms with Crippen LogP contribution in [0.3, 0.4) is 0 Å². The van der Waals surface area contributed by atoms with E-state index in [1.54, 1.807) is 13.8 Å². The Morgan fingerprint density at radius 1 is 1.82 bits per heavy atom. The number of rotatable bonds is 4. The van der Waals surface area contributed by atoms with E-state index in [1.165, 1.54) is 7.11 Å². The van der Waals surface area contributed by atoms with Gasteiger partial charge in [-0.2, -0.15) is 0 Å². The van der Waals surface area contributed by atoms with Gasteiger partial charge in [-0.15, -0.1) is 0 Å². The van der Waals surface area contributed by atoms with Gasteiger partial charge in [-0.25, -0.2) is 0 Å². The maximum absolute atomic E-state index is 10.5. The molecule has 66 valence electrons. The van der Waals surface area contributed by atoms with Crippen molar-refractivity contribution in [3.8, 4) is 0 Å². The van der Waals surface area contributed by atoms with Gasteiger partial charge in [0.15, 0.2) is 0 Å². The van der Waals surface area contributed by atoms with Gasteiger partial charge < -0.3 is 15.6 Å². The minimum absolute atomic E-state index is 0.250. The molecule has 2 unspecified atom stereocenters. The molecule has 0 spiro atoms. The first kappa shape index (κ1) is 10.4. The third-order valence-corrected chi connectivity index (χ3v) is 1.81. The third kappa shape index (κ3) is 2.86. The van der Waals surface area contributed by atoms with Crippen LogP contribution in [0.25, 0.3) is 0 Å². The van der Waals surface area contributed by atoms with Crippen LogP contribution in [0.5, 0.6) is 0 Å². The Balaban J connectivity index is 4.16. The fraction of sp³-hybridized carbons (Fsp3) is 0.857. The van der Waals surface area contributed by atoms with Crippen LogP contribution in [0.2, 0.25) is 0 Å². The molecule has 0 aliphatic rings. The summed E-state index contributed by atoms with van der Waals surface area (Å²) in [5, 5.41) is 8.61. The largest absolute Gasteiger partial charge is 0.481 e. The molecule has 0 aromatic carbocycles. The molecule has 0 radical (unpaired) electrons. The second-order valence-electron chi connectivity index (χ2n) is 3.00. The summed E-state index contributed by atoms with van der Waals surface area (Å²) in [5.74, 6) is -1.49. The number of aliphatic carboxylic acids is 1. The topological polar surface area (TPSA) is 72.5 Å². The highest BCUT2D eigenvalue weighted by atomic mass is 16.5. The van der Waals surface area contributed by atoms with Gasteiger partial charge in [0, 0.05) is 12.6 Å². The Bertz CT molecular complexity index is 145. The molecule has 11 heavy (non-hydrogen) atoms. The van der Waals surface area contributed by atoms with Crippen LogP contribution in [0.4, 0.5) is 0 Å². The molecule has 0 fully saturated rings. The van der Waals surface area contributed by atoms with Crippen molar-refractivity contribution in [2.24, 2.45) is 11.7 Å². The Hall–Kier alpha value is -0.610. The first-order chi connectivity index (χ1) is 4.91. The highest BCUT2D eigenvalue weighted by Crippen LogP contribution is 2.13. The van der Waals surface area contributed by atoms with Crippen molar-refractivity contribution >= 4 is 5.97 Å². The monoisotopic (exact) mass is 161 g/mol. The number of ether oxygens (including phenoxy) is 1. The Kier molecular flexibility index (Phi) is 3.48. The van der Waals surface area contributed by atoms with Crippen LogP contribution in [-0.2, 0) is 9.53 Å². The van der Waals surface area contributed by atoms with Gasteiger partial charge in [-0.3, -0.25) is 4.79 Å². The van der Waals surface area contributed by atoms with E-state index in [9.17, 15) is 4.79 Å². The van der Waals surface area contributed by atoms with Crippen molar-refractivity contribution in [2.45, 2.75) is 19.4 Å². The molecular formula is C7H15NO3. The fourth-order valence-electron chi connectivity index (χ4n) is 0.718. The molecule has 0 bridgehead atoms. The lowest BCUT2D eigenvalue weighted by molar-refractivity contribution is -0.144. The summed E-state index contributed by atoms with van der Waals surface area (Å²) < 4.78 is 4.79. The number of hydrogen-bond acceptors (Lipinski definition) is 3. The Morgan fingerprint density at radius 3 is 2.55 bits per heavy atom.